The second-order valence-corrected chi connectivity index (χ2v) is 7.03. The zero-order valence-corrected chi connectivity index (χ0v) is 17.6. The number of hydrogen-bond acceptors (Lipinski definition) is 5. The third kappa shape index (κ3) is 6.35. The van der Waals surface area contributed by atoms with Crippen LogP contribution in [0.15, 0.2) is 36.4 Å². The molecule has 2 rings (SSSR count). The normalized spacial score (nSPS) is 11.8. The maximum Gasteiger partial charge on any atom is 0.224 e. The maximum absolute atomic E-state index is 13.0. The van der Waals surface area contributed by atoms with Crippen molar-refractivity contribution in [2.45, 2.75) is 19.3 Å². The first kappa shape index (κ1) is 22.5. The summed E-state index contributed by atoms with van der Waals surface area (Å²) in [6, 6.07) is 9.38. The number of anilines is 1. The second kappa shape index (κ2) is 10.7. The third-order valence-corrected chi connectivity index (χ3v) is 4.47. The van der Waals surface area contributed by atoms with Gasteiger partial charge in [-0.15, -0.1) is 0 Å². The van der Waals surface area contributed by atoms with E-state index in [1.165, 1.54) is 24.3 Å². The highest BCUT2D eigenvalue weighted by Gasteiger charge is 2.22. The summed E-state index contributed by atoms with van der Waals surface area (Å²) in [7, 11) is 7.07. The smallest absolute Gasteiger partial charge is 0.224 e. The number of likely N-dealkylation sites (N-methyl/N-ethyl adjacent to an activating group) is 1. The van der Waals surface area contributed by atoms with Crippen LogP contribution in [0.3, 0.4) is 0 Å². The first-order chi connectivity index (χ1) is 13.8. The van der Waals surface area contributed by atoms with Crippen molar-refractivity contribution >= 4 is 11.6 Å². The number of carbonyl (C=O) groups excluding carboxylic acids is 1. The molecule has 0 fully saturated rings. The summed E-state index contributed by atoms with van der Waals surface area (Å²) < 4.78 is 30.0. The van der Waals surface area contributed by atoms with Gasteiger partial charge in [-0.1, -0.05) is 13.0 Å². The number of amides is 1. The Morgan fingerprint density at radius 3 is 2.34 bits per heavy atom. The summed E-state index contributed by atoms with van der Waals surface area (Å²) in [5.74, 6) is 1.01. The number of benzene rings is 2. The van der Waals surface area contributed by atoms with E-state index in [9.17, 15) is 9.18 Å². The van der Waals surface area contributed by atoms with Crippen LogP contribution in [0.5, 0.6) is 17.2 Å². The average Bonchev–Trinajstić information content (AvgIpc) is 2.68. The van der Waals surface area contributed by atoms with Crippen LogP contribution < -0.4 is 19.5 Å². The quantitative estimate of drug-likeness (QED) is 0.651. The van der Waals surface area contributed by atoms with Crippen LogP contribution in [0.4, 0.5) is 10.1 Å². The Labute approximate surface area is 171 Å². The van der Waals surface area contributed by atoms with Gasteiger partial charge in [0, 0.05) is 24.2 Å². The molecule has 29 heavy (non-hydrogen) atoms. The Kier molecular flexibility index (Phi) is 8.27. The summed E-state index contributed by atoms with van der Waals surface area (Å²) in [5.41, 5.74) is 1.41. The van der Waals surface area contributed by atoms with E-state index in [0.717, 1.165) is 12.1 Å². The van der Waals surface area contributed by atoms with E-state index < -0.39 is 0 Å². The molecule has 2 aromatic rings. The fourth-order valence-corrected chi connectivity index (χ4v) is 2.91. The van der Waals surface area contributed by atoms with Crippen molar-refractivity contribution in [3.63, 3.8) is 0 Å². The Hall–Kier alpha value is -2.80. The minimum Gasteiger partial charge on any atom is -0.493 e. The van der Waals surface area contributed by atoms with Gasteiger partial charge < -0.3 is 24.4 Å². The van der Waals surface area contributed by atoms with Crippen LogP contribution in [-0.2, 0) is 4.79 Å². The Morgan fingerprint density at radius 1 is 1.07 bits per heavy atom. The highest BCUT2D eigenvalue weighted by atomic mass is 19.1. The van der Waals surface area contributed by atoms with Gasteiger partial charge >= 0.3 is 0 Å². The molecule has 1 N–H and O–H groups in total. The number of nitrogens with one attached hydrogen (secondary N) is 1. The van der Waals surface area contributed by atoms with E-state index in [1.54, 1.807) is 20.3 Å². The molecule has 0 radical (unpaired) electrons. The molecule has 0 bridgehead atoms. The van der Waals surface area contributed by atoms with Crippen molar-refractivity contribution in [2.75, 3.05) is 46.8 Å². The van der Waals surface area contributed by atoms with Gasteiger partial charge in [-0.2, -0.15) is 0 Å². The molecule has 1 atom stereocenters. The fourth-order valence-electron chi connectivity index (χ4n) is 2.91. The highest BCUT2D eigenvalue weighted by Crippen LogP contribution is 2.43. The third-order valence-electron chi connectivity index (χ3n) is 4.47. The van der Waals surface area contributed by atoms with Crippen molar-refractivity contribution in [1.29, 1.82) is 0 Å². The van der Waals surface area contributed by atoms with Crippen molar-refractivity contribution in [3.05, 3.63) is 47.8 Å². The molecule has 1 amide bonds. The van der Waals surface area contributed by atoms with E-state index >= 15 is 0 Å². The predicted octanol–water partition coefficient (Wildman–Crippen LogP) is 3.92. The highest BCUT2D eigenvalue weighted by molar-refractivity contribution is 5.91. The zero-order chi connectivity index (χ0) is 21.4. The van der Waals surface area contributed by atoms with E-state index in [-0.39, 0.29) is 24.1 Å². The average molecular weight is 404 g/mol. The summed E-state index contributed by atoms with van der Waals surface area (Å²) in [5, 5.41) is 2.79. The summed E-state index contributed by atoms with van der Waals surface area (Å²) in [6.07, 6.45) is 0.233. The lowest BCUT2D eigenvalue weighted by molar-refractivity contribution is -0.116. The summed E-state index contributed by atoms with van der Waals surface area (Å²) in [6.45, 7) is 3.15. The first-order valence-electron chi connectivity index (χ1n) is 9.43. The van der Waals surface area contributed by atoms with Crippen molar-refractivity contribution in [2.24, 2.45) is 0 Å². The number of hydrogen-bond donors (Lipinski definition) is 1. The Bertz CT molecular complexity index is 809. The zero-order valence-electron chi connectivity index (χ0n) is 17.6. The number of nitrogens with zero attached hydrogens (tertiary/aromatic N) is 1. The van der Waals surface area contributed by atoms with Crippen LogP contribution >= 0.6 is 0 Å². The second-order valence-electron chi connectivity index (χ2n) is 7.03. The minimum atomic E-state index is -0.346. The number of ether oxygens (including phenoxy) is 3. The van der Waals surface area contributed by atoms with Crippen LogP contribution in [-0.4, -0.2) is 52.3 Å². The van der Waals surface area contributed by atoms with E-state index in [4.69, 9.17) is 14.2 Å². The molecule has 0 aliphatic heterocycles. The van der Waals surface area contributed by atoms with Gasteiger partial charge in [0.25, 0.3) is 0 Å². The molecule has 6 nitrogen and oxygen atoms in total. The monoisotopic (exact) mass is 404 g/mol. The molecule has 7 heteroatoms. The predicted molar refractivity (Wildman–Crippen MR) is 112 cm³/mol. The largest absolute Gasteiger partial charge is 0.493 e. The molecule has 0 aliphatic rings. The molecular weight excluding hydrogens is 375 g/mol. The topological polar surface area (TPSA) is 60.0 Å². The van der Waals surface area contributed by atoms with Gasteiger partial charge in [0.05, 0.1) is 14.2 Å². The number of methoxy groups -OCH3 is 2. The van der Waals surface area contributed by atoms with Gasteiger partial charge in [0.15, 0.2) is 11.5 Å². The molecule has 0 spiro atoms. The van der Waals surface area contributed by atoms with Crippen molar-refractivity contribution < 1.29 is 23.4 Å². The van der Waals surface area contributed by atoms with Crippen LogP contribution in [0.1, 0.15) is 24.8 Å². The molecular formula is C22H29FN2O4. The number of carbonyl (C=O) groups is 1. The molecule has 0 aliphatic carbocycles. The number of halogens is 1. The fraction of sp³-hybridized carbons (Fsp3) is 0.409. The maximum atomic E-state index is 13.0. The SMILES string of the molecule is COc1ccc(C(C)CC(=O)Nc2ccc(F)cc2)c(OCCN(C)C)c1OC. The van der Waals surface area contributed by atoms with Crippen LogP contribution in [0, 0.1) is 5.82 Å². The Balaban J connectivity index is 2.19. The van der Waals surface area contributed by atoms with E-state index in [0.29, 0.717) is 29.5 Å². The molecule has 0 saturated heterocycles. The van der Waals surface area contributed by atoms with Gasteiger partial charge in [0.1, 0.15) is 12.4 Å². The van der Waals surface area contributed by atoms with E-state index in [2.05, 4.69) is 5.32 Å². The molecule has 158 valence electrons. The lowest BCUT2D eigenvalue weighted by atomic mass is 9.95. The van der Waals surface area contributed by atoms with Crippen molar-refractivity contribution in [1.82, 2.24) is 4.90 Å². The van der Waals surface area contributed by atoms with Crippen LogP contribution in [0.25, 0.3) is 0 Å². The van der Waals surface area contributed by atoms with Crippen LogP contribution in [0.2, 0.25) is 0 Å². The molecule has 0 aromatic heterocycles. The van der Waals surface area contributed by atoms with Gasteiger partial charge in [-0.3, -0.25) is 4.79 Å². The Morgan fingerprint density at radius 2 is 1.76 bits per heavy atom. The first-order valence-corrected chi connectivity index (χ1v) is 9.43. The lowest BCUT2D eigenvalue weighted by Gasteiger charge is -2.21. The minimum absolute atomic E-state index is 0.135. The molecule has 1 unspecified atom stereocenters. The van der Waals surface area contributed by atoms with Gasteiger partial charge in [0.2, 0.25) is 11.7 Å². The number of rotatable bonds is 10. The lowest BCUT2D eigenvalue weighted by Crippen LogP contribution is -2.20. The molecule has 2 aromatic carbocycles. The van der Waals surface area contributed by atoms with Gasteiger partial charge in [-0.05, 0) is 50.3 Å². The summed E-state index contributed by atoms with van der Waals surface area (Å²) >= 11 is 0. The van der Waals surface area contributed by atoms with E-state index in [1.807, 2.05) is 32.0 Å². The standard InChI is InChI=1S/C22H29FN2O4/c1-15(14-20(26)24-17-8-6-16(23)7-9-17)18-10-11-19(27-4)22(28-5)21(18)29-13-12-25(2)3/h6-11,15H,12-14H2,1-5H3,(H,24,26). The molecule has 0 saturated carbocycles. The summed E-state index contributed by atoms with van der Waals surface area (Å²) in [4.78, 5) is 14.5. The van der Waals surface area contributed by atoms with Gasteiger partial charge in [-0.25, -0.2) is 4.39 Å². The van der Waals surface area contributed by atoms with Crippen molar-refractivity contribution in [3.8, 4) is 17.2 Å². The molecule has 0 heterocycles.